The zero-order valence-electron chi connectivity index (χ0n) is 13.2. The number of hydrogen-bond acceptors (Lipinski definition) is 7. The lowest BCUT2D eigenvalue weighted by Gasteiger charge is -2.30. The van der Waals surface area contributed by atoms with Crippen LogP contribution in [0, 0.1) is 10.1 Å². The van der Waals surface area contributed by atoms with Crippen LogP contribution in [0.1, 0.15) is 5.56 Å². The highest BCUT2D eigenvalue weighted by atomic mass is 16.6. The topological polar surface area (TPSA) is 147 Å². The summed E-state index contributed by atoms with van der Waals surface area (Å²) in [7, 11) is 1.52. The summed E-state index contributed by atoms with van der Waals surface area (Å²) in [6.07, 6.45) is 4.65. The molecular weight excluding hydrogens is 330 g/mol. The smallest absolute Gasteiger partial charge is 0.314 e. The van der Waals surface area contributed by atoms with Crippen LogP contribution in [0.5, 0.6) is 0 Å². The summed E-state index contributed by atoms with van der Waals surface area (Å²) in [4.78, 5) is 40.3. The summed E-state index contributed by atoms with van der Waals surface area (Å²) < 4.78 is 5.33. The van der Waals surface area contributed by atoms with E-state index in [1.165, 1.54) is 19.2 Å². The minimum absolute atomic E-state index is 0.170. The van der Waals surface area contributed by atoms with Gasteiger partial charge in [-0.1, -0.05) is 0 Å². The highest BCUT2D eigenvalue weighted by Gasteiger charge is 2.20. The van der Waals surface area contributed by atoms with Crippen LogP contribution in [0.2, 0.25) is 0 Å². The van der Waals surface area contributed by atoms with Crippen molar-refractivity contribution < 1.29 is 9.66 Å². The molecule has 2 heterocycles. The second-order valence-electron chi connectivity index (χ2n) is 5.48. The third kappa shape index (κ3) is 3.15. The third-order valence-electron chi connectivity index (χ3n) is 3.80. The quantitative estimate of drug-likeness (QED) is 0.409. The molecule has 3 rings (SSSR count). The Hall–Kier alpha value is -3.40. The van der Waals surface area contributed by atoms with Crippen molar-refractivity contribution in [3.8, 4) is 0 Å². The van der Waals surface area contributed by atoms with E-state index in [9.17, 15) is 19.7 Å². The maximum Gasteiger partial charge on any atom is 0.314 e. The van der Waals surface area contributed by atoms with E-state index >= 15 is 0 Å². The van der Waals surface area contributed by atoms with Crippen LogP contribution < -0.4 is 16.9 Å². The molecule has 10 heteroatoms. The second kappa shape index (κ2) is 6.24. The van der Waals surface area contributed by atoms with Gasteiger partial charge in [-0.15, -0.1) is 0 Å². The lowest BCUT2D eigenvalue weighted by Crippen LogP contribution is -2.34. The Balaban J connectivity index is 2.15. The number of rotatable bonds is 4. The molecule has 1 aromatic carbocycles. The van der Waals surface area contributed by atoms with Gasteiger partial charge < -0.3 is 25.3 Å². The van der Waals surface area contributed by atoms with E-state index in [1.807, 2.05) is 0 Å². The molecule has 0 aliphatic carbocycles. The number of methoxy groups -OCH3 is 1. The van der Waals surface area contributed by atoms with Gasteiger partial charge in [0.25, 0.3) is 5.69 Å². The molecule has 1 aliphatic rings. The van der Waals surface area contributed by atoms with Crippen LogP contribution in [-0.4, -0.2) is 33.1 Å². The molecule has 130 valence electrons. The molecule has 1 atom stereocenters. The first-order chi connectivity index (χ1) is 11.9. The molecule has 0 saturated heterocycles. The molecule has 0 fully saturated rings. The standard InChI is InChI=1S/C15H15N5O5/c1-25-12-3-2-9(16)7-19(12)6-8-4-10(20(23)24)5-11-13(8)18-15(22)14(21)17-11/h2-5,7,12H,6,16H2,1H3,(H,17,21)(H,18,22). The number of aromatic amines is 2. The normalized spacial score (nSPS) is 16.9. The average molecular weight is 345 g/mol. The average Bonchev–Trinajstić information content (AvgIpc) is 2.56. The molecule has 0 amide bonds. The number of allylic oxidation sites excluding steroid dienone is 1. The Labute approximate surface area is 140 Å². The van der Waals surface area contributed by atoms with Gasteiger partial charge in [0.05, 0.1) is 16.0 Å². The Bertz CT molecular complexity index is 1020. The third-order valence-corrected chi connectivity index (χ3v) is 3.80. The number of nitrogens with zero attached hydrogens (tertiary/aromatic N) is 2. The van der Waals surface area contributed by atoms with Crippen molar-refractivity contribution in [2.24, 2.45) is 5.73 Å². The summed E-state index contributed by atoms with van der Waals surface area (Å²) in [5.41, 5.74) is 5.30. The molecule has 2 aromatic rings. The Morgan fingerprint density at radius 3 is 2.72 bits per heavy atom. The van der Waals surface area contributed by atoms with Gasteiger partial charge in [-0.25, -0.2) is 0 Å². The van der Waals surface area contributed by atoms with Crippen molar-refractivity contribution in [2.45, 2.75) is 12.8 Å². The van der Waals surface area contributed by atoms with Gasteiger partial charge >= 0.3 is 11.1 Å². The Kier molecular flexibility index (Phi) is 4.11. The van der Waals surface area contributed by atoms with E-state index in [2.05, 4.69) is 9.97 Å². The summed E-state index contributed by atoms with van der Waals surface area (Å²) in [6.45, 7) is 0.170. The molecule has 0 saturated carbocycles. The molecule has 0 radical (unpaired) electrons. The molecule has 1 aliphatic heterocycles. The maximum absolute atomic E-state index is 11.7. The Morgan fingerprint density at radius 2 is 2.04 bits per heavy atom. The van der Waals surface area contributed by atoms with Gasteiger partial charge in [-0.3, -0.25) is 19.7 Å². The zero-order valence-corrected chi connectivity index (χ0v) is 13.2. The van der Waals surface area contributed by atoms with E-state index in [0.29, 0.717) is 16.8 Å². The van der Waals surface area contributed by atoms with E-state index in [4.69, 9.17) is 10.5 Å². The number of nitrogens with two attached hydrogens (primary N) is 1. The van der Waals surface area contributed by atoms with Crippen molar-refractivity contribution >= 4 is 16.7 Å². The van der Waals surface area contributed by atoms with Gasteiger partial charge in [-0.2, -0.15) is 0 Å². The van der Waals surface area contributed by atoms with E-state index in [1.54, 1.807) is 23.3 Å². The van der Waals surface area contributed by atoms with Crippen molar-refractivity contribution in [1.29, 1.82) is 0 Å². The molecular formula is C15H15N5O5. The monoisotopic (exact) mass is 345 g/mol. The predicted octanol–water partition coefficient (Wildman–Crippen LogP) is 0.269. The van der Waals surface area contributed by atoms with E-state index in [-0.39, 0.29) is 17.7 Å². The van der Waals surface area contributed by atoms with Crippen LogP contribution in [0.15, 0.2) is 45.8 Å². The SMILES string of the molecule is COC1C=CC(N)=CN1Cc1cc([N+](=O)[O-])cc2[nH]c(=O)c(=O)[nH]c12. The number of H-pyrrole nitrogens is 2. The van der Waals surface area contributed by atoms with Gasteiger partial charge in [0, 0.05) is 43.2 Å². The highest BCUT2D eigenvalue weighted by Crippen LogP contribution is 2.24. The fourth-order valence-electron chi connectivity index (χ4n) is 2.67. The van der Waals surface area contributed by atoms with Gasteiger partial charge in [0.15, 0.2) is 0 Å². The number of hydrogen-bond donors (Lipinski definition) is 3. The van der Waals surface area contributed by atoms with Crippen LogP contribution >= 0.6 is 0 Å². The fourth-order valence-corrected chi connectivity index (χ4v) is 2.67. The summed E-state index contributed by atoms with van der Waals surface area (Å²) >= 11 is 0. The number of nitro groups is 1. The molecule has 4 N–H and O–H groups in total. The number of nitrogens with one attached hydrogen (secondary N) is 2. The molecule has 25 heavy (non-hydrogen) atoms. The number of aromatic nitrogens is 2. The lowest BCUT2D eigenvalue weighted by molar-refractivity contribution is -0.384. The van der Waals surface area contributed by atoms with Crippen LogP contribution in [0.25, 0.3) is 11.0 Å². The number of non-ortho nitro benzene ring substituents is 1. The summed E-state index contributed by atoms with van der Waals surface area (Å²) in [6, 6.07) is 2.54. The van der Waals surface area contributed by atoms with Crippen LogP contribution in [0.3, 0.4) is 0 Å². The summed E-state index contributed by atoms with van der Waals surface area (Å²) in [5.74, 6) is 0. The van der Waals surface area contributed by atoms with Crippen LogP contribution in [0.4, 0.5) is 5.69 Å². The first-order valence-corrected chi connectivity index (χ1v) is 7.26. The zero-order chi connectivity index (χ0) is 18.1. The largest absolute Gasteiger partial charge is 0.398 e. The first kappa shape index (κ1) is 16.5. The van der Waals surface area contributed by atoms with Crippen molar-refractivity contribution in [3.05, 3.63) is 72.6 Å². The maximum atomic E-state index is 11.7. The Morgan fingerprint density at radius 1 is 1.32 bits per heavy atom. The lowest BCUT2D eigenvalue weighted by atomic mass is 10.1. The second-order valence-corrected chi connectivity index (χ2v) is 5.48. The number of nitro benzene ring substituents is 1. The minimum Gasteiger partial charge on any atom is -0.398 e. The van der Waals surface area contributed by atoms with Crippen molar-refractivity contribution in [3.63, 3.8) is 0 Å². The summed E-state index contributed by atoms with van der Waals surface area (Å²) in [5, 5.41) is 11.2. The van der Waals surface area contributed by atoms with Gasteiger partial charge in [0.2, 0.25) is 0 Å². The van der Waals surface area contributed by atoms with Crippen molar-refractivity contribution in [2.75, 3.05) is 7.11 Å². The van der Waals surface area contributed by atoms with Gasteiger partial charge in [0.1, 0.15) is 6.23 Å². The fraction of sp³-hybridized carbons (Fsp3) is 0.200. The number of benzene rings is 1. The number of fused-ring (bicyclic) bond motifs is 1. The van der Waals surface area contributed by atoms with Crippen LogP contribution in [-0.2, 0) is 11.3 Å². The number of ether oxygens (including phenoxy) is 1. The molecule has 1 unspecified atom stereocenters. The highest BCUT2D eigenvalue weighted by molar-refractivity contribution is 5.80. The molecule has 10 nitrogen and oxygen atoms in total. The minimum atomic E-state index is -0.876. The molecule has 0 spiro atoms. The first-order valence-electron chi connectivity index (χ1n) is 7.26. The van der Waals surface area contributed by atoms with E-state index < -0.39 is 22.3 Å². The van der Waals surface area contributed by atoms with Gasteiger partial charge in [-0.05, 0) is 12.2 Å². The predicted molar refractivity (Wildman–Crippen MR) is 89.6 cm³/mol. The van der Waals surface area contributed by atoms with E-state index in [0.717, 1.165) is 0 Å². The molecule has 0 bridgehead atoms. The van der Waals surface area contributed by atoms with Crippen molar-refractivity contribution in [1.82, 2.24) is 14.9 Å². The molecule has 1 aromatic heterocycles.